The summed E-state index contributed by atoms with van der Waals surface area (Å²) in [5.74, 6) is 1.50. The summed E-state index contributed by atoms with van der Waals surface area (Å²) in [7, 11) is 3.46. The summed E-state index contributed by atoms with van der Waals surface area (Å²) in [6.07, 6.45) is 0. The summed E-state index contributed by atoms with van der Waals surface area (Å²) < 4.78 is 18.5. The molecule has 26 heavy (non-hydrogen) atoms. The maximum atomic E-state index is 13.3. The van der Waals surface area contributed by atoms with Crippen molar-refractivity contribution in [1.29, 1.82) is 0 Å². The van der Waals surface area contributed by atoms with Gasteiger partial charge in [-0.15, -0.1) is 0 Å². The van der Waals surface area contributed by atoms with Crippen LogP contribution >= 0.6 is 0 Å². The average molecular weight is 356 g/mol. The zero-order valence-electron chi connectivity index (χ0n) is 15.3. The van der Waals surface area contributed by atoms with Crippen molar-refractivity contribution in [3.05, 3.63) is 59.9 Å². The van der Waals surface area contributed by atoms with E-state index < -0.39 is 0 Å². The normalized spacial score (nSPS) is 15.1. The molecular formula is C20H25FN4O. The number of hydrogen-bond acceptors (Lipinski definition) is 3. The van der Waals surface area contributed by atoms with Crippen LogP contribution in [-0.2, 0) is 6.54 Å². The van der Waals surface area contributed by atoms with Crippen LogP contribution in [0, 0.1) is 5.82 Å². The first-order chi connectivity index (χ1) is 12.7. The molecule has 0 saturated carbocycles. The number of benzene rings is 2. The molecule has 138 valence electrons. The lowest BCUT2D eigenvalue weighted by Crippen LogP contribution is -2.52. The van der Waals surface area contributed by atoms with E-state index in [2.05, 4.69) is 32.2 Å². The maximum absolute atomic E-state index is 13.3. The predicted octanol–water partition coefficient (Wildman–Crippen LogP) is 2.73. The van der Waals surface area contributed by atoms with Crippen LogP contribution in [0.2, 0.25) is 0 Å². The number of hydrogen-bond donors (Lipinski definition) is 1. The fraction of sp³-hybridized carbons (Fsp3) is 0.350. The molecule has 3 rings (SSSR count). The molecule has 2 aromatic rings. The standard InChI is InChI=1S/C20H25FN4O/c1-22-20(23-15-16-4-3-5-17(21)14-16)25-12-10-24(11-13-25)18-6-8-19(26-2)9-7-18/h3-9,14H,10-13,15H2,1-2H3,(H,22,23). The number of rotatable bonds is 4. The van der Waals surface area contributed by atoms with Crippen LogP contribution in [-0.4, -0.2) is 51.2 Å². The lowest BCUT2D eigenvalue weighted by molar-refractivity contribution is 0.372. The molecule has 0 aromatic heterocycles. The van der Waals surface area contributed by atoms with Gasteiger partial charge in [0.2, 0.25) is 0 Å². The molecule has 1 saturated heterocycles. The maximum Gasteiger partial charge on any atom is 0.194 e. The van der Waals surface area contributed by atoms with Crippen LogP contribution in [0.4, 0.5) is 10.1 Å². The van der Waals surface area contributed by atoms with E-state index in [1.54, 1.807) is 26.3 Å². The minimum absolute atomic E-state index is 0.215. The zero-order valence-corrected chi connectivity index (χ0v) is 15.3. The van der Waals surface area contributed by atoms with Crippen molar-refractivity contribution in [3.8, 4) is 5.75 Å². The first-order valence-electron chi connectivity index (χ1n) is 8.78. The molecule has 1 fully saturated rings. The fourth-order valence-electron chi connectivity index (χ4n) is 3.13. The minimum atomic E-state index is -0.215. The number of methoxy groups -OCH3 is 1. The summed E-state index contributed by atoms with van der Waals surface area (Å²) in [5, 5.41) is 3.33. The van der Waals surface area contributed by atoms with E-state index >= 15 is 0 Å². The highest BCUT2D eigenvalue weighted by molar-refractivity contribution is 5.80. The highest BCUT2D eigenvalue weighted by Crippen LogP contribution is 2.20. The van der Waals surface area contributed by atoms with Crippen LogP contribution in [0.15, 0.2) is 53.5 Å². The van der Waals surface area contributed by atoms with Gasteiger partial charge in [0.25, 0.3) is 0 Å². The van der Waals surface area contributed by atoms with E-state index in [1.807, 2.05) is 18.2 Å². The van der Waals surface area contributed by atoms with Crippen molar-refractivity contribution in [2.45, 2.75) is 6.54 Å². The van der Waals surface area contributed by atoms with Gasteiger partial charge in [-0.1, -0.05) is 12.1 Å². The van der Waals surface area contributed by atoms with E-state index in [4.69, 9.17) is 4.74 Å². The predicted molar refractivity (Wildman–Crippen MR) is 103 cm³/mol. The van der Waals surface area contributed by atoms with Crippen molar-refractivity contribution in [2.75, 3.05) is 45.2 Å². The number of aliphatic imine (C=N–C) groups is 1. The van der Waals surface area contributed by atoms with Crippen LogP contribution in [0.3, 0.4) is 0 Å². The van der Waals surface area contributed by atoms with Crippen molar-refractivity contribution in [3.63, 3.8) is 0 Å². The highest BCUT2D eigenvalue weighted by atomic mass is 19.1. The summed E-state index contributed by atoms with van der Waals surface area (Å²) in [4.78, 5) is 8.96. The van der Waals surface area contributed by atoms with Gasteiger partial charge in [0.15, 0.2) is 5.96 Å². The van der Waals surface area contributed by atoms with E-state index in [9.17, 15) is 4.39 Å². The Morgan fingerprint density at radius 2 is 1.85 bits per heavy atom. The SMILES string of the molecule is CN=C(NCc1cccc(F)c1)N1CCN(c2ccc(OC)cc2)CC1. The van der Waals surface area contributed by atoms with Crippen LogP contribution in [0.5, 0.6) is 5.75 Å². The van der Waals surface area contributed by atoms with Gasteiger partial charge in [0, 0.05) is 45.5 Å². The first-order valence-corrected chi connectivity index (χ1v) is 8.78. The van der Waals surface area contributed by atoms with Crippen molar-refractivity contribution >= 4 is 11.6 Å². The highest BCUT2D eigenvalue weighted by Gasteiger charge is 2.19. The topological polar surface area (TPSA) is 40.1 Å². The summed E-state index contributed by atoms with van der Waals surface area (Å²) in [6, 6.07) is 14.8. The Morgan fingerprint density at radius 3 is 2.46 bits per heavy atom. The molecule has 1 N–H and O–H groups in total. The number of anilines is 1. The lowest BCUT2D eigenvalue weighted by atomic mass is 10.2. The van der Waals surface area contributed by atoms with E-state index in [1.165, 1.54) is 11.8 Å². The quantitative estimate of drug-likeness (QED) is 0.676. The van der Waals surface area contributed by atoms with Gasteiger partial charge in [0.05, 0.1) is 7.11 Å². The van der Waals surface area contributed by atoms with Crippen LogP contribution < -0.4 is 15.0 Å². The second-order valence-electron chi connectivity index (χ2n) is 6.20. The Morgan fingerprint density at radius 1 is 1.12 bits per heavy atom. The second kappa shape index (κ2) is 8.56. The Bertz CT molecular complexity index is 740. The molecular weight excluding hydrogens is 331 g/mol. The molecule has 1 heterocycles. The molecule has 0 radical (unpaired) electrons. The largest absolute Gasteiger partial charge is 0.497 e. The third-order valence-corrected chi connectivity index (χ3v) is 4.57. The number of piperazine rings is 1. The average Bonchev–Trinajstić information content (AvgIpc) is 2.69. The van der Waals surface area contributed by atoms with Gasteiger partial charge in [-0.25, -0.2) is 4.39 Å². The summed E-state index contributed by atoms with van der Waals surface area (Å²) in [5.41, 5.74) is 2.11. The second-order valence-corrected chi connectivity index (χ2v) is 6.20. The van der Waals surface area contributed by atoms with Gasteiger partial charge < -0.3 is 19.9 Å². The molecule has 0 atom stereocenters. The molecule has 1 aliphatic heterocycles. The monoisotopic (exact) mass is 356 g/mol. The molecule has 0 spiro atoms. The molecule has 0 amide bonds. The molecule has 5 nitrogen and oxygen atoms in total. The Kier molecular flexibility index (Phi) is 5.94. The number of ether oxygens (including phenoxy) is 1. The van der Waals surface area contributed by atoms with E-state index in [-0.39, 0.29) is 5.82 Å². The Hall–Kier alpha value is -2.76. The molecule has 1 aliphatic rings. The smallest absolute Gasteiger partial charge is 0.194 e. The van der Waals surface area contributed by atoms with Crippen LogP contribution in [0.1, 0.15) is 5.56 Å². The third kappa shape index (κ3) is 4.45. The Labute approximate surface area is 154 Å². The van der Waals surface area contributed by atoms with Crippen molar-refractivity contribution < 1.29 is 9.13 Å². The zero-order chi connectivity index (χ0) is 18.4. The van der Waals surface area contributed by atoms with Crippen molar-refractivity contribution in [2.24, 2.45) is 4.99 Å². The van der Waals surface area contributed by atoms with Gasteiger partial charge in [-0.05, 0) is 42.0 Å². The van der Waals surface area contributed by atoms with Gasteiger partial charge >= 0.3 is 0 Å². The van der Waals surface area contributed by atoms with Crippen molar-refractivity contribution in [1.82, 2.24) is 10.2 Å². The number of halogens is 1. The number of nitrogens with zero attached hydrogens (tertiary/aromatic N) is 3. The molecule has 0 aliphatic carbocycles. The van der Waals surface area contributed by atoms with Crippen LogP contribution in [0.25, 0.3) is 0 Å². The fourth-order valence-corrected chi connectivity index (χ4v) is 3.13. The molecule has 0 bridgehead atoms. The third-order valence-electron chi connectivity index (χ3n) is 4.57. The van der Waals surface area contributed by atoms with Gasteiger partial charge in [0.1, 0.15) is 11.6 Å². The van der Waals surface area contributed by atoms with E-state index in [0.717, 1.165) is 43.5 Å². The van der Waals surface area contributed by atoms with Gasteiger partial charge in [-0.3, -0.25) is 4.99 Å². The molecule has 2 aromatic carbocycles. The summed E-state index contributed by atoms with van der Waals surface area (Å²) >= 11 is 0. The molecule has 6 heteroatoms. The summed E-state index contributed by atoms with van der Waals surface area (Å²) in [6.45, 7) is 4.17. The first kappa shape index (κ1) is 18.0. The van der Waals surface area contributed by atoms with E-state index in [0.29, 0.717) is 6.54 Å². The Balaban J connectivity index is 1.53. The molecule has 0 unspecified atom stereocenters. The lowest BCUT2D eigenvalue weighted by Gasteiger charge is -2.37. The minimum Gasteiger partial charge on any atom is -0.497 e. The number of guanidine groups is 1. The number of nitrogens with one attached hydrogen (secondary N) is 1. The van der Waals surface area contributed by atoms with Gasteiger partial charge in [-0.2, -0.15) is 0 Å².